The summed E-state index contributed by atoms with van der Waals surface area (Å²) in [6.45, 7) is 3.18. The molecule has 0 bridgehead atoms. The average molecular weight is 319 g/mol. The number of nitrogens with zero attached hydrogens (tertiary/aromatic N) is 1. The van der Waals surface area contributed by atoms with Gasteiger partial charge in [-0.3, -0.25) is 0 Å². The molecule has 0 amide bonds. The average Bonchev–Trinajstić information content (AvgIpc) is 2.47. The van der Waals surface area contributed by atoms with E-state index < -0.39 is 15.6 Å². The van der Waals surface area contributed by atoms with E-state index in [0.29, 0.717) is 24.7 Å². The number of sulfone groups is 1. The summed E-state index contributed by atoms with van der Waals surface area (Å²) in [4.78, 5) is 1.49. The Morgan fingerprint density at radius 3 is 2.62 bits per heavy atom. The molecule has 2 unspecified atom stereocenters. The number of anilines is 1. The molecule has 0 radical (unpaired) electrons. The van der Waals surface area contributed by atoms with Crippen molar-refractivity contribution in [1.29, 1.82) is 0 Å². The Morgan fingerprint density at radius 2 is 2.00 bits per heavy atom. The maximum atomic E-state index is 12.8. The summed E-state index contributed by atoms with van der Waals surface area (Å²) in [5.74, 6) is -3.06. The number of ether oxygens (including phenoxy) is 1. The van der Waals surface area contributed by atoms with Gasteiger partial charge >= 0.3 is 5.76 Å². The maximum absolute atomic E-state index is 12.8. The topological polar surface area (TPSA) is 46.6 Å². The van der Waals surface area contributed by atoms with Crippen molar-refractivity contribution in [2.75, 3.05) is 25.1 Å². The second-order valence-corrected chi connectivity index (χ2v) is 7.15. The first-order valence-electron chi connectivity index (χ1n) is 6.76. The highest BCUT2D eigenvalue weighted by molar-refractivity contribution is 7.91. The van der Waals surface area contributed by atoms with Crippen LogP contribution >= 0.6 is 0 Å². The van der Waals surface area contributed by atoms with Gasteiger partial charge in [0.25, 0.3) is 0 Å². The zero-order chi connectivity index (χ0) is 15.6. The lowest BCUT2D eigenvalue weighted by Gasteiger charge is -2.38. The van der Waals surface area contributed by atoms with Crippen molar-refractivity contribution in [1.82, 2.24) is 0 Å². The van der Waals surface area contributed by atoms with Gasteiger partial charge in [-0.2, -0.15) is 8.78 Å². The van der Waals surface area contributed by atoms with Gasteiger partial charge in [0.15, 0.2) is 0 Å². The fourth-order valence-electron chi connectivity index (χ4n) is 2.61. The minimum absolute atomic E-state index is 0.0407. The van der Waals surface area contributed by atoms with Gasteiger partial charge in [0.05, 0.1) is 16.7 Å². The van der Waals surface area contributed by atoms with E-state index in [4.69, 9.17) is 4.74 Å². The molecular weight excluding hydrogens is 300 g/mol. The van der Waals surface area contributed by atoms with Crippen LogP contribution in [0.25, 0.3) is 0 Å². The van der Waals surface area contributed by atoms with Crippen LogP contribution in [0.3, 0.4) is 0 Å². The summed E-state index contributed by atoms with van der Waals surface area (Å²) in [5, 5.41) is 0. The number of alkyl halides is 2. The second kappa shape index (κ2) is 6.27. The molecule has 4 nitrogen and oxygen atoms in total. The molecule has 0 saturated carbocycles. The van der Waals surface area contributed by atoms with E-state index >= 15 is 0 Å². The molecule has 0 aliphatic carbocycles. The third-order valence-electron chi connectivity index (χ3n) is 3.94. The van der Waals surface area contributed by atoms with Gasteiger partial charge < -0.3 is 9.64 Å². The fraction of sp³-hybridized carbons (Fsp3) is 0.571. The monoisotopic (exact) mass is 319 g/mol. The molecule has 7 heteroatoms. The quantitative estimate of drug-likeness (QED) is 0.856. The number of benzene rings is 1. The van der Waals surface area contributed by atoms with Crippen molar-refractivity contribution in [3.05, 3.63) is 24.3 Å². The molecular formula is C14H19F2NO3S. The molecule has 1 aromatic rings. The molecule has 1 heterocycles. The fourth-order valence-corrected chi connectivity index (χ4v) is 3.56. The van der Waals surface area contributed by atoms with Crippen molar-refractivity contribution in [3.63, 3.8) is 0 Å². The second-order valence-electron chi connectivity index (χ2n) is 5.26. The van der Waals surface area contributed by atoms with Gasteiger partial charge in [-0.15, -0.1) is 0 Å². The number of halogens is 2. The summed E-state index contributed by atoms with van der Waals surface area (Å²) >= 11 is 0. The van der Waals surface area contributed by atoms with Crippen LogP contribution in [0.1, 0.15) is 13.3 Å². The predicted molar refractivity (Wildman–Crippen MR) is 76.4 cm³/mol. The number of methoxy groups -OCH3 is 1. The van der Waals surface area contributed by atoms with Crippen LogP contribution in [-0.2, 0) is 14.6 Å². The minimum atomic E-state index is -4.61. The maximum Gasteiger partial charge on any atom is 0.341 e. The van der Waals surface area contributed by atoms with E-state index in [-0.39, 0.29) is 11.0 Å². The van der Waals surface area contributed by atoms with Crippen LogP contribution in [0, 0.1) is 5.92 Å². The van der Waals surface area contributed by atoms with E-state index in [1.54, 1.807) is 19.2 Å². The van der Waals surface area contributed by atoms with E-state index in [1.165, 1.54) is 12.1 Å². The molecule has 1 aliphatic rings. The Labute approximate surface area is 123 Å². The van der Waals surface area contributed by atoms with Crippen LogP contribution in [0.15, 0.2) is 29.2 Å². The lowest BCUT2D eigenvalue weighted by molar-refractivity contribution is 0.0497. The summed E-state index contributed by atoms with van der Waals surface area (Å²) < 4.78 is 54.6. The van der Waals surface area contributed by atoms with Gasteiger partial charge in [0, 0.05) is 20.2 Å². The van der Waals surface area contributed by atoms with Gasteiger partial charge in [-0.1, -0.05) is 19.1 Å². The van der Waals surface area contributed by atoms with Gasteiger partial charge in [-0.25, -0.2) is 8.42 Å². The standard InChI is InChI=1S/C14H19F2NO3S/c1-10-7-8-17(9-12(10)20-2)11-5-3-4-6-13(11)21(18,19)14(15)16/h3-6,10,12,14H,7-9H2,1-2H3. The molecule has 1 saturated heterocycles. The Bertz CT molecular complexity index is 592. The normalized spacial score (nSPS) is 23.6. The minimum Gasteiger partial charge on any atom is -0.379 e. The molecule has 1 fully saturated rings. The molecule has 2 atom stereocenters. The summed E-state index contributed by atoms with van der Waals surface area (Å²) in [6, 6.07) is 5.91. The highest BCUT2D eigenvalue weighted by Gasteiger charge is 2.33. The van der Waals surface area contributed by atoms with Crippen LogP contribution in [-0.4, -0.2) is 40.5 Å². The van der Waals surface area contributed by atoms with Crippen LogP contribution in [0.4, 0.5) is 14.5 Å². The first-order chi connectivity index (χ1) is 9.87. The third-order valence-corrected chi connectivity index (χ3v) is 5.37. The van der Waals surface area contributed by atoms with Crippen LogP contribution in [0.5, 0.6) is 0 Å². The molecule has 0 N–H and O–H groups in total. The molecule has 0 aromatic heterocycles. The summed E-state index contributed by atoms with van der Waals surface area (Å²) in [7, 11) is -3.01. The Balaban J connectivity index is 2.37. The van der Waals surface area contributed by atoms with Crippen molar-refractivity contribution in [3.8, 4) is 0 Å². The lowest BCUT2D eigenvalue weighted by Crippen LogP contribution is -2.44. The largest absolute Gasteiger partial charge is 0.379 e. The first kappa shape index (κ1) is 16.2. The number of piperidine rings is 1. The zero-order valence-electron chi connectivity index (χ0n) is 12.0. The molecule has 21 heavy (non-hydrogen) atoms. The van der Waals surface area contributed by atoms with E-state index in [2.05, 4.69) is 6.92 Å². The molecule has 0 spiro atoms. The van der Waals surface area contributed by atoms with Crippen molar-refractivity contribution in [2.24, 2.45) is 5.92 Å². The van der Waals surface area contributed by atoms with E-state index in [9.17, 15) is 17.2 Å². The number of para-hydroxylation sites is 1. The number of rotatable bonds is 4. The van der Waals surface area contributed by atoms with Gasteiger partial charge in [0.1, 0.15) is 0 Å². The van der Waals surface area contributed by atoms with E-state index in [0.717, 1.165) is 6.42 Å². The predicted octanol–water partition coefficient (Wildman–Crippen LogP) is 2.54. The third kappa shape index (κ3) is 3.18. The molecule has 1 aliphatic heterocycles. The van der Waals surface area contributed by atoms with Crippen molar-refractivity contribution < 1.29 is 21.9 Å². The number of hydrogen-bond acceptors (Lipinski definition) is 4. The van der Waals surface area contributed by atoms with Crippen LogP contribution in [0.2, 0.25) is 0 Å². The Morgan fingerprint density at radius 1 is 1.33 bits per heavy atom. The lowest BCUT2D eigenvalue weighted by atomic mass is 9.95. The highest BCUT2D eigenvalue weighted by atomic mass is 32.2. The Hall–Kier alpha value is -1.21. The van der Waals surface area contributed by atoms with E-state index in [1.807, 2.05) is 4.90 Å². The molecule has 2 rings (SSSR count). The Kier molecular flexibility index (Phi) is 4.83. The smallest absolute Gasteiger partial charge is 0.341 e. The van der Waals surface area contributed by atoms with Gasteiger partial charge in [0.2, 0.25) is 9.84 Å². The zero-order valence-corrected chi connectivity index (χ0v) is 12.8. The van der Waals surface area contributed by atoms with Gasteiger partial charge in [-0.05, 0) is 24.5 Å². The first-order valence-corrected chi connectivity index (χ1v) is 8.31. The number of hydrogen-bond donors (Lipinski definition) is 0. The molecule has 1 aromatic carbocycles. The SMILES string of the molecule is COC1CN(c2ccccc2S(=O)(=O)C(F)F)CCC1C. The summed E-state index contributed by atoms with van der Waals surface area (Å²) in [5.41, 5.74) is 0.326. The highest BCUT2D eigenvalue weighted by Crippen LogP contribution is 2.32. The summed E-state index contributed by atoms with van der Waals surface area (Å²) in [6.07, 6.45) is 0.780. The van der Waals surface area contributed by atoms with Crippen molar-refractivity contribution >= 4 is 15.5 Å². The molecule has 118 valence electrons. The van der Waals surface area contributed by atoms with Crippen molar-refractivity contribution in [2.45, 2.75) is 30.1 Å². The van der Waals surface area contributed by atoms with Crippen LogP contribution < -0.4 is 4.90 Å².